The highest BCUT2D eigenvalue weighted by Crippen LogP contribution is 2.33. The van der Waals surface area contributed by atoms with Crippen molar-refractivity contribution in [3.63, 3.8) is 0 Å². The first-order chi connectivity index (χ1) is 17.1. The Labute approximate surface area is 206 Å². The minimum absolute atomic E-state index is 0.0898. The van der Waals surface area contributed by atoms with Crippen LogP contribution in [0.3, 0.4) is 0 Å². The first-order valence-electron chi connectivity index (χ1n) is 12.3. The lowest BCUT2D eigenvalue weighted by atomic mass is 9.84. The molecule has 3 aromatic rings. The number of hydrogen-bond acceptors (Lipinski definition) is 5. The molecule has 1 heterocycles. The Bertz CT molecular complexity index is 1090. The molecule has 0 aliphatic heterocycles. The van der Waals surface area contributed by atoms with Crippen LogP contribution in [0.15, 0.2) is 73.1 Å². The molecule has 1 aliphatic rings. The molecule has 1 aliphatic carbocycles. The first-order valence-corrected chi connectivity index (χ1v) is 12.3. The van der Waals surface area contributed by atoms with Crippen LogP contribution in [0.25, 0.3) is 0 Å². The number of pyridine rings is 1. The monoisotopic (exact) mass is 472 g/mol. The summed E-state index contributed by atoms with van der Waals surface area (Å²) in [4.78, 5) is 31.0. The third-order valence-electron chi connectivity index (χ3n) is 6.40. The van der Waals surface area contributed by atoms with E-state index in [4.69, 9.17) is 9.47 Å². The number of esters is 1. The van der Waals surface area contributed by atoms with Crippen LogP contribution in [0.1, 0.15) is 66.4 Å². The van der Waals surface area contributed by atoms with E-state index < -0.39 is 0 Å². The van der Waals surface area contributed by atoms with E-state index in [-0.39, 0.29) is 18.5 Å². The van der Waals surface area contributed by atoms with Crippen LogP contribution in [0.4, 0.5) is 5.69 Å². The van der Waals surface area contributed by atoms with Crippen LogP contribution < -0.4 is 9.64 Å². The summed E-state index contributed by atoms with van der Waals surface area (Å²) in [7, 11) is 0. The summed E-state index contributed by atoms with van der Waals surface area (Å²) in [5.41, 5.74) is 3.42. The van der Waals surface area contributed by atoms with Gasteiger partial charge < -0.3 is 14.4 Å². The fraction of sp³-hybridized carbons (Fsp3) is 0.345. The summed E-state index contributed by atoms with van der Waals surface area (Å²) < 4.78 is 10.9. The van der Waals surface area contributed by atoms with Crippen LogP contribution in [-0.2, 0) is 16.1 Å². The quantitative estimate of drug-likeness (QED) is 0.362. The van der Waals surface area contributed by atoms with Crippen molar-refractivity contribution in [1.29, 1.82) is 0 Å². The second-order valence-corrected chi connectivity index (χ2v) is 8.80. The van der Waals surface area contributed by atoms with Crippen LogP contribution in [0.5, 0.6) is 5.75 Å². The summed E-state index contributed by atoms with van der Waals surface area (Å²) in [6.07, 6.45) is 9.83. The van der Waals surface area contributed by atoms with Gasteiger partial charge in [0.1, 0.15) is 5.75 Å². The second-order valence-electron chi connectivity index (χ2n) is 8.80. The molecule has 0 spiro atoms. The van der Waals surface area contributed by atoms with Crippen molar-refractivity contribution in [2.75, 3.05) is 18.1 Å². The number of anilines is 1. The molecular weight excluding hydrogens is 440 g/mol. The Balaban J connectivity index is 1.44. The van der Waals surface area contributed by atoms with Gasteiger partial charge in [-0.15, -0.1) is 0 Å². The third-order valence-corrected chi connectivity index (χ3v) is 6.40. The molecule has 1 aromatic heterocycles. The molecule has 35 heavy (non-hydrogen) atoms. The number of ether oxygens (including phenoxy) is 2. The highest BCUT2D eigenvalue weighted by atomic mass is 16.5. The molecule has 6 heteroatoms. The van der Waals surface area contributed by atoms with Crippen LogP contribution >= 0.6 is 0 Å². The maximum Gasteiger partial charge on any atom is 0.338 e. The Morgan fingerprint density at radius 1 is 0.914 bits per heavy atom. The van der Waals surface area contributed by atoms with Crippen molar-refractivity contribution in [1.82, 2.24) is 4.98 Å². The summed E-state index contributed by atoms with van der Waals surface area (Å²) in [6.45, 7) is 2.36. The lowest BCUT2D eigenvalue weighted by Crippen LogP contribution is -2.34. The van der Waals surface area contributed by atoms with Crippen molar-refractivity contribution >= 4 is 17.6 Å². The molecule has 0 N–H and O–H groups in total. The summed E-state index contributed by atoms with van der Waals surface area (Å²) in [6, 6.07) is 18.8. The molecule has 0 radical (unpaired) electrons. The van der Waals surface area contributed by atoms with E-state index in [1.54, 1.807) is 48.5 Å². The number of nitrogens with zero attached hydrogens (tertiary/aromatic N) is 2. The first kappa shape index (κ1) is 24.5. The normalized spacial score (nSPS) is 13.7. The Hall–Kier alpha value is -3.67. The van der Waals surface area contributed by atoms with Crippen molar-refractivity contribution in [3.8, 4) is 5.75 Å². The molecule has 0 bridgehead atoms. The number of carbonyl (C=O) groups excluding carboxylic acids is 2. The molecule has 0 atom stereocenters. The molecule has 2 aromatic carbocycles. The van der Waals surface area contributed by atoms with E-state index in [0.717, 1.165) is 5.56 Å². The predicted octanol–water partition coefficient (Wildman–Crippen LogP) is 5.92. The number of rotatable bonds is 9. The van der Waals surface area contributed by atoms with Crippen LogP contribution in [-0.4, -0.2) is 30.1 Å². The van der Waals surface area contributed by atoms with E-state index in [2.05, 4.69) is 17.1 Å². The lowest BCUT2D eigenvalue weighted by Gasteiger charge is -2.24. The number of benzene rings is 2. The highest BCUT2D eigenvalue weighted by Gasteiger charge is 2.19. The van der Waals surface area contributed by atoms with E-state index >= 15 is 0 Å². The zero-order valence-corrected chi connectivity index (χ0v) is 20.2. The third kappa shape index (κ3) is 6.69. The smallest absolute Gasteiger partial charge is 0.338 e. The minimum atomic E-state index is -0.383. The standard InChI is InChI=1S/C29H32N2O4/c1-2-34-29(33)25-8-12-26(13-9-25)31(20-22-16-18-30-19-17-22)28(32)21-35-27-14-10-24(11-15-27)23-6-4-3-5-7-23/h8-19,23H,2-7,20-21H2,1H3. The average molecular weight is 473 g/mol. The van der Waals surface area contributed by atoms with E-state index in [1.807, 2.05) is 24.3 Å². The number of hydrogen-bond donors (Lipinski definition) is 0. The van der Waals surface area contributed by atoms with Gasteiger partial charge in [-0.2, -0.15) is 0 Å². The van der Waals surface area contributed by atoms with Gasteiger partial charge in [-0.1, -0.05) is 31.4 Å². The summed E-state index contributed by atoms with van der Waals surface area (Å²) >= 11 is 0. The van der Waals surface area contributed by atoms with Gasteiger partial charge >= 0.3 is 5.97 Å². The van der Waals surface area contributed by atoms with Gasteiger partial charge in [0.05, 0.1) is 18.7 Å². The van der Waals surface area contributed by atoms with E-state index in [9.17, 15) is 9.59 Å². The van der Waals surface area contributed by atoms with Crippen molar-refractivity contribution in [3.05, 3.63) is 89.7 Å². The molecule has 0 unspecified atom stereocenters. The minimum Gasteiger partial charge on any atom is -0.484 e. The van der Waals surface area contributed by atoms with Crippen LogP contribution in [0.2, 0.25) is 0 Å². The molecule has 4 rings (SSSR count). The summed E-state index contributed by atoms with van der Waals surface area (Å²) in [5.74, 6) is 0.750. The molecule has 1 amide bonds. The molecule has 1 saturated carbocycles. The number of amides is 1. The molecule has 0 saturated heterocycles. The summed E-state index contributed by atoms with van der Waals surface area (Å²) in [5, 5.41) is 0. The van der Waals surface area contributed by atoms with E-state index in [1.165, 1.54) is 37.7 Å². The van der Waals surface area contributed by atoms with Crippen molar-refractivity contribution in [2.45, 2.75) is 51.5 Å². The maximum absolute atomic E-state index is 13.3. The predicted molar refractivity (Wildman–Crippen MR) is 136 cm³/mol. The maximum atomic E-state index is 13.3. The van der Waals surface area contributed by atoms with Gasteiger partial charge in [-0.25, -0.2) is 4.79 Å². The van der Waals surface area contributed by atoms with Gasteiger partial charge in [-0.05, 0) is 85.3 Å². The number of aromatic nitrogens is 1. The second kappa shape index (κ2) is 12.2. The molecular formula is C29H32N2O4. The van der Waals surface area contributed by atoms with Gasteiger partial charge in [0, 0.05) is 18.1 Å². The Morgan fingerprint density at radius 3 is 2.26 bits per heavy atom. The zero-order valence-electron chi connectivity index (χ0n) is 20.2. The van der Waals surface area contributed by atoms with Crippen LogP contribution in [0, 0.1) is 0 Å². The molecule has 6 nitrogen and oxygen atoms in total. The van der Waals surface area contributed by atoms with E-state index in [0.29, 0.717) is 36.1 Å². The fourth-order valence-corrected chi connectivity index (χ4v) is 4.48. The lowest BCUT2D eigenvalue weighted by molar-refractivity contribution is -0.120. The van der Waals surface area contributed by atoms with Crippen molar-refractivity contribution < 1.29 is 19.1 Å². The number of carbonyl (C=O) groups is 2. The van der Waals surface area contributed by atoms with Gasteiger partial charge in [0.25, 0.3) is 5.91 Å². The molecule has 182 valence electrons. The van der Waals surface area contributed by atoms with Gasteiger partial charge in [0.2, 0.25) is 0 Å². The Kier molecular flexibility index (Phi) is 8.49. The highest BCUT2D eigenvalue weighted by molar-refractivity contribution is 5.95. The van der Waals surface area contributed by atoms with Crippen molar-refractivity contribution in [2.24, 2.45) is 0 Å². The average Bonchev–Trinajstić information content (AvgIpc) is 2.92. The topological polar surface area (TPSA) is 68.7 Å². The largest absolute Gasteiger partial charge is 0.484 e. The van der Waals surface area contributed by atoms with Gasteiger partial charge in [0.15, 0.2) is 6.61 Å². The molecule has 1 fully saturated rings. The SMILES string of the molecule is CCOC(=O)c1ccc(N(Cc2ccncc2)C(=O)COc2ccc(C3CCCCC3)cc2)cc1. The Morgan fingerprint density at radius 2 is 1.60 bits per heavy atom. The van der Waals surface area contributed by atoms with Gasteiger partial charge in [-0.3, -0.25) is 9.78 Å². The zero-order chi connectivity index (χ0) is 24.5. The fourth-order valence-electron chi connectivity index (χ4n) is 4.48.